The van der Waals surface area contributed by atoms with E-state index >= 15 is 0 Å². The number of ether oxygens (including phenoxy) is 1. The van der Waals surface area contributed by atoms with E-state index in [-0.39, 0.29) is 12.1 Å². The van der Waals surface area contributed by atoms with Gasteiger partial charge in [0, 0.05) is 54.9 Å². The van der Waals surface area contributed by atoms with E-state index in [0.29, 0.717) is 5.92 Å². The Morgan fingerprint density at radius 2 is 1.02 bits per heavy atom. The second-order valence-electron chi connectivity index (χ2n) is 18.4. The van der Waals surface area contributed by atoms with Crippen molar-refractivity contribution >= 4 is 88.5 Å². The molecule has 2 aliphatic rings. The maximum Gasteiger partial charge on any atom is 0.256 e. The number of rotatable bonds is 3. The van der Waals surface area contributed by atoms with Crippen molar-refractivity contribution in [2.24, 2.45) is 0 Å². The molecule has 0 radical (unpaired) electrons. The van der Waals surface area contributed by atoms with Gasteiger partial charge in [0.1, 0.15) is 11.5 Å². The molecule has 0 saturated heterocycles. The van der Waals surface area contributed by atoms with Gasteiger partial charge in [-0.2, -0.15) is 0 Å². The summed E-state index contributed by atoms with van der Waals surface area (Å²) in [6, 6.07) is 59.1. The summed E-state index contributed by atoms with van der Waals surface area (Å²) in [5.41, 5.74) is 17.2. The van der Waals surface area contributed by atoms with Crippen LogP contribution in [0.1, 0.15) is 51.7 Å². The number of hydrogen-bond acceptors (Lipinski definition) is 1. The van der Waals surface area contributed by atoms with Gasteiger partial charge < -0.3 is 18.4 Å². The molecule has 0 N–H and O–H groups in total. The lowest BCUT2D eigenvalue weighted by atomic mass is 9.34. The van der Waals surface area contributed by atoms with Gasteiger partial charge in [-0.1, -0.05) is 120 Å². The second-order valence-corrected chi connectivity index (χ2v) is 18.4. The Morgan fingerprint density at radius 3 is 1.60 bits per heavy atom. The van der Waals surface area contributed by atoms with Gasteiger partial charge in [0.15, 0.2) is 0 Å². The van der Waals surface area contributed by atoms with Crippen molar-refractivity contribution in [1.82, 2.24) is 13.7 Å². The van der Waals surface area contributed by atoms with Gasteiger partial charge in [0.05, 0.1) is 27.6 Å². The third-order valence-electron chi connectivity index (χ3n) is 13.6. The van der Waals surface area contributed by atoms with E-state index in [1.54, 1.807) is 0 Å². The molecule has 2 aliphatic heterocycles. The highest BCUT2D eigenvalue weighted by molar-refractivity contribution is 6.99. The monoisotopic (exact) mass is 771 g/mol. The summed E-state index contributed by atoms with van der Waals surface area (Å²) in [6.45, 7) is 11.4. The van der Waals surface area contributed by atoms with E-state index in [1.165, 1.54) is 104 Å². The van der Waals surface area contributed by atoms with Crippen LogP contribution in [-0.4, -0.2) is 20.4 Å². The highest BCUT2D eigenvalue weighted by atomic mass is 16.5. The minimum absolute atomic E-state index is 0.0135. The average Bonchev–Trinajstić information content (AvgIpc) is 3.90. The summed E-state index contributed by atoms with van der Waals surface area (Å²) < 4.78 is 14.6. The zero-order valence-corrected chi connectivity index (χ0v) is 34.4. The van der Waals surface area contributed by atoms with Gasteiger partial charge in [0.2, 0.25) is 0 Å². The first kappa shape index (κ1) is 33.9. The normalized spacial score (nSPS) is 13.3. The van der Waals surface area contributed by atoms with Gasteiger partial charge in [-0.25, -0.2) is 0 Å². The fraction of sp³-hybridized carbons (Fsp3) is 0.127. The molecule has 0 atom stereocenters. The zero-order chi connectivity index (χ0) is 40.2. The number of benzene rings is 8. The molecule has 0 bridgehead atoms. The lowest BCUT2D eigenvalue weighted by Crippen LogP contribution is -2.58. The molecule has 5 heterocycles. The van der Waals surface area contributed by atoms with Crippen molar-refractivity contribution in [3.05, 3.63) is 169 Å². The maximum absolute atomic E-state index is 7.10. The number of para-hydroxylation sites is 4. The molecule has 0 saturated carbocycles. The van der Waals surface area contributed by atoms with E-state index in [0.717, 1.165) is 17.2 Å². The zero-order valence-electron chi connectivity index (χ0n) is 34.4. The van der Waals surface area contributed by atoms with Crippen LogP contribution in [-0.2, 0) is 5.41 Å². The molecule has 8 aromatic carbocycles. The van der Waals surface area contributed by atoms with E-state index < -0.39 is 0 Å². The molecular weight excluding hydrogens is 729 g/mol. The van der Waals surface area contributed by atoms with Crippen molar-refractivity contribution in [3.8, 4) is 28.6 Å². The van der Waals surface area contributed by atoms with Crippen LogP contribution >= 0.6 is 0 Å². The fourth-order valence-corrected chi connectivity index (χ4v) is 10.7. The number of fused-ring (bicyclic) bond motifs is 13. The lowest BCUT2D eigenvalue weighted by molar-refractivity contribution is 0.482. The van der Waals surface area contributed by atoms with Gasteiger partial charge >= 0.3 is 0 Å². The molecule has 0 fully saturated rings. The van der Waals surface area contributed by atoms with Crippen molar-refractivity contribution in [2.45, 2.75) is 46.0 Å². The Bertz CT molecular complexity index is 3560. The molecule has 0 spiro atoms. The van der Waals surface area contributed by atoms with Gasteiger partial charge in [-0.3, -0.25) is 0 Å². The van der Waals surface area contributed by atoms with Crippen LogP contribution in [0.15, 0.2) is 158 Å². The van der Waals surface area contributed by atoms with E-state index in [2.05, 4.69) is 206 Å². The largest absolute Gasteiger partial charge is 0.458 e. The highest BCUT2D eigenvalue weighted by Crippen LogP contribution is 2.43. The molecule has 13 rings (SSSR count). The van der Waals surface area contributed by atoms with E-state index in [4.69, 9.17) is 4.74 Å². The Kier molecular flexibility index (Phi) is 6.69. The fourth-order valence-electron chi connectivity index (χ4n) is 10.7. The van der Waals surface area contributed by atoms with Crippen LogP contribution in [0.4, 0.5) is 0 Å². The average molecular weight is 772 g/mol. The second kappa shape index (κ2) is 11.8. The van der Waals surface area contributed by atoms with Crippen LogP contribution in [0.2, 0.25) is 0 Å². The van der Waals surface area contributed by atoms with Gasteiger partial charge in [-0.15, -0.1) is 0 Å². The predicted octanol–water partition coefficient (Wildman–Crippen LogP) is 12.3. The Labute approximate surface area is 348 Å². The molecule has 5 heteroatoms. The van der Waals surface area contributed by atoms with Crippen molar-refractivity contribution in [3.63, 3.8) is 0 Å². The molecular formula is C55H42BN3O. The van der Waals surface area contributed by atoms with Gasteiger partial charge in [0.25, 0.3) is 6.71 Å². The topological polar surface area (TPSA) is 24.0 Å². The summed E-state index contributed by atoms with van der Waals surface area (Å²) in [6.07, 6.45) is 0. The van der Waals surface area contributed by atoms with Crippen LogP contribution in [0, 0.1) is 0 Å². The molecule has 60 heavy (non-hydrogen) atoms. The molecule has 0 unspecified atom stereocenters. The quantitative estimate of drug-likeness (QED) is 0.164. The molecule has 4 nitrogen and oxygen atoms in total. The van der Waals surface area contributed by atoms with Crippen LogP contribution in [0.5, 0.6) is 11.5 Å². The van der Waals surface area contributed by atoms with Crippen molar-refractivity contribution < 1.29 is 4.74 Å². The van der Waals surface area contributed by atoms with Crippen LogP contribution < -0.4 is 21.1 Å². The lowest BCUT2D eigenvalue weighted by Gasteiger charge is -2.35. The Hall–Kier alpha value is -6.98. The van der Waals surface area contributed by atoms with E-state index in [9.17, 15) is 0 Å². The first-order valence-electron chi connectivity index (χ1n) is 21.3. The molecule has 0 aliphatic carbocycles. The summed E-state index contributed by atoms with van der Waals surface area (Å²) in [7, 11) is 0. The Balaban J connectivity index is 1.19. The smallest absolute Gasteiger partial charge is 0.256 e. The van der Waals surface area contributed by atoms with Gasteiger partial charge in [-0.05, 0) is 112 Å². The summed E-state index contributed by atoms with van der Waals surface area (Å²) in [5.74, 6) is 2.25. The minimum atomic E-state index is -0.0156. The van der Waals surface area contributed by atoms with Crippen LogP contribution in [0.3, 0.4) is 0 Å². The summed E-state index contributed by atoms with van der Waals surface area (Å²) in [4.78, 5) is 0. The molecule has 0 amide bonds. The number of aromatic nitrogens is 3. The first-order valence-corrected chi connectivity index (χ1v) is 21.3. The van der Waals surface area contributed by atoms with Crippen LogP contribution in [0.25, 0.3) is 82.5 Å². The minimum Gasteiger partial charge on any atom is -0.458 e. The van der Waals surface area contributed by atoms with Crippen molar-refractivity contribution in [2.75, 3.05) is 0 Å². The summed E-state index contributed by atoms with van der Waals surface area (Å²) >= 11 is 0. The first-order chi connectivity index (χ1) is 29.2. The standard InChI is InChI=1S/C55H42BN3O/c1-32(2)33-26-50-53-52(27-33)60-51-28-34(55(3,4)5)22-24-43(51)56(53)44-31-36(58-47-20-12-8-16-39(47)40-17-9-13-21-48(40)58)30-42-41-29-35(23-25-49(41)59(50)54(42)44)57-45-18-10-6-14-37(45)38-15-7-11-19-46(38)57/h6-32H,1-5H3. The molecule has 11 aromatic rings. The molecule has 3 aromatic heterocycles. The predicted molar refractivity (Wildman–Crippen MR) is 253 cm³/mol. The maximum atomic E-state index is 7.10. The SMILES string of the molecule is CC(C)c1cc2c3c(c1)-n1c4ccc(-n5c6ccccc6c6ccccc65)cc4c4cc(-n5c6ccccc6c6ccccc65)cc(c41)B3c1ccc(C(C)(C)C)cc1O2. The van der Waals surface area contributed by atoms with Crippen molar-refractivity contribution in [1.29, 1.82) is 0 Å². The third kappa shape index (κ3) is 4.47. The third-order valence-corrected chi connectivity index (χ3v) is 13.6. The summed E-state index contributed by atoms with van der Waals surface area (Å²) in [5, 5.41) is 7.54. The highest BCUT2D eigenvalue weighted by Gasteiger charge is 2.42. The number of nitrogens with zero attached hydrogens (tertiary/aromatic N) is 3. The number of hydrogen-bond donors (Lipinski definition) is 0. The van der Waals surface area contributed by atoms with E-state index in [1.807, 2.05) is 0 Å². The Morgan fingerprint density at radius 1 is 0.467 bits per heavy atom. The molecule has 286 valence electrons.